The van der Waals surface area contributed by atoms with Crippen molar-refractivity contribution in [3.05, 3.63) is 0 Å². The van der Waals surface area contributed by atoms with Gasteiger partial charge in [-0.3, -0.25) is 4.79 Å². The van der Waals surface area contributed by atoms with E-state index in [0.29, 0.717) is 0 Å². The van der Waals surface area contributed by atoms with Crippen LogP contribution >= 0.6 is 15.9 Å². The van der Waals surface area contributed by atoms with Crippen LogP contribution in [0.15, 0.2) is 0 Å². The summed E-state index contributed by atoms with van der Waals surface area (Å²) in [6, 6.07) is 0. The van der Waals surface area contributed by atoms with Crippen LogP contribution in [0.1, 0.15) is 0 Å². The lowest BCUT2D eigenvalue weighted by atomic mass is 10.4. The zero-order chi connectivity index (χ0) is 8.85. The minimum atomic E-state index is -0.501. The van der Waals surface area contributed by atoms with Crippen molar-refractivity contribution in [3.8, 4) is 0 Å². The van der Waals surface area contributed by atoms with Gasteiger partial charge in [-0.05, 0) is 0 Å². The molecule has 0 aliphatic heterocycles. The summed E-state index contributed by atoms with van der Waals surface area (Å²) < 4.78 is 4.38. The predicted octanol–water partition coefficient (Wildman–Crippen LogP) is 0.649. The van der Waals surface area contributed by atoms with Gasteiger partial charge in [0, 0.05) is 7.05 Å². The lowest BCUT2D eigenvalue weighted by Gasteiger charge is -2.12. The number of ketones is 1. The summed E-state index contributed by atoms with van der Waals surface area (Å²) in [5.74, 6) is -0.0575. The quantitative estimate of drug-likeness (QED) is 0.661. The maximum Gasteiger partial charge on any atom is 0.409 e. The Kier molecular flexibility index (Phi) is 4.85. The van der Waals surface area contributed by atoms with E-state index >= 15 is 0 Å². The first kappa shape index (κ1) is 10.4. The summed E-state index contributed by atoms with van der Waals surface area (Å²) in [4.78, 5) is 22.7. The third-order valence-corrected chi connectivity index (χ3v) is 1.67. The number of hydrogen-bond donors (Lipinski definition) is 0. The van der Waals surface area contributed by atoms with Gasteiger partial charge in [0.1, 0.15) is 0 Å². The highest BCUT2D eigenvalue weighted by Crippen LogP contribution is 1.90. The van der Waals surface area contributed by atoms with Crippen LogP contribution in [0.4, 0.5) is 4.79 Å². The first-order valence-electron chi connectivity index (χ1n) is 2.98. The Balaban J connectivity index is 3.77. The maximum atomic E-state index is 10.7. The second kappa shape index (κ2) is 5.12. The molecular weight excluding hydrogens is 214 g/mol. The molecule has 5 heteroatoms. The fourth-order valence-electron chi connectivity index (χ4n) is 0.527. The van der Waals surface area contributed by atoms with Crippen molar-refractivity contribution >= 4 is 27.8 Å². The van der Waals surface area contributed by atoms with Gasteiger partial charge in [-0.15, -0.1) is 0 Å². The van der Waals surface area contributed by atoms with E-state index in [-0.39, 0.29) is 17.7 Å². The summed E-state index contributed by atoms with van der Waals surface area (Å²) >= 11 is 2.99. The zero-order valence-electron chi connectivity index (χ0n) is 6.46. The van der Waals surface area contributed by atoms with Crippen molar-refractivity contribution in [1.29, 1.82) is 0 Å². The summed E-state index contributed by atoms with van der Waals surface area (Å²) in [6.45, 7) is 0.0813. The molecule has 0 spiro atoms. The highest BCUT2D eigenvalue weighted by Gasteiger charge is 2.10. The average molecular weight is 224 g/mol. The van der Waals surface area contributed by atoms with Gasteiger partial charge < -0.3 is 9.64 Å². The van der Waals surface area contributed by atoms with Gasteiger partial charge in [0.2, 0.25) is 0 Å². The molecule has 0 saturated carbocycles. The van der Waals surface area contributed by atoms with Gasteiger partial charge in [0.15, 0.2) is 5.78 Å². The molecule has 0 aliphatic rings. The monoisotopic (exact) mass is 223 g/mol. The molecule has 0 aliphatic carbocycles. The molecule has 11 heavy (non-hydrogen) atoms. The molecule has 0 radical (unpaired) electrons. The summed E-state index contributed by atoms with van der Waals surface area (Å²) in [6.07, 6.45) is -0.501. The van der Waals surface area contributed by atoms with Crippen LogP contribution in [0, 0.1) is 0 Å². The van der Waals surface area contributed by atoms with Crippen LogP contribution < -0.4 is 0 Å². The number of halogens is 1. The van der Waals surface area contributed by atoms with E-state index in [0.717, 1.165) is 0 Å². The Morgan fingerprint density at radius 2 is 2.09 bits per heavy atom. The fraction of sp³-hybridized carbons (Fsp3) is 0.667. The minimum Gasteiger partial charge on any atom is -0.453 e. The van der Waals surface area contributed by atoms with Crippen molar-refractivity contribution in [1.82, 2.24) is 4.90 Å². The van der Waals surface area contributed by atoms with Gasteiger partial charge in [-0.25, -0.2) is 4.79 Å². The number of likely N-dealkylation sites (N-methyl/N-ethyl adjacent to an activating group) is 1. The molecule has 0 heterocycles. The van der Waals surface area contributed by atoms with E-state index in [9.17, 15) is 9.59 Å². The molecule has 0 fully saturated rings. The van der Waals surface area contributed by atoms with Gasteiger partial charge >= 0.3 is 6.09 Å². The van der Waals surface area contributed by atoms with E-state index < -0.39 is 6.09 Å². The van der Waals surface area contributed by atoms with Crippen LogP contribution in [0.5, 0.6) is 0 Å². The number of Topliss-reactive ketones (excluding diaryl/α,β-unsaturated/α-hetero) is 1. The smallest absolute Gasteiger partial charge is 0.409 e. The molecule has 0 rings (SSSR count). The molecule has 0 N–H and O–H groups in total. The summed E-state index contributed by atoms with van der Waals surface area (Å²) in [5, 5.41) is 0.258. The Morgan fingerprint density at radius 1 is 1.55 bits per heavy atom. The van der Waals surface area contributed by atoms with Gasteiger partial charge in [-0.2, -0.15) is 0 Å². The van der Waals surface area contributed by atoms with Crippen LogP contribution in [0.2, 0.25) is 0 Å². The third-order valence-electron chi connectivity index (χ3n) is 1.05. The van der Waals surface area contributed by atoms with E-state index in [2.05, 4.69) is 20.7 Å². The van der Waals surface area contributed by atoms with Crippen LogP contribution in [-0.2, 0) is 9.53 Å². The molecule has 0 unspecified atom stereocenters. The molecule has 0 atom stereocenters. The molecule has 0 aromatic heterocycles. The van der Waals surface area contributed by atoms with Gasteiger partial charge in [0.05, 0.1) is 19.0 Å². The van der Waals surface area contributed by atoms with Gasteiger partial charge in [0.25, 0.3) is 0 Å². The fourth-order valence-corrected chi connectivity index (χ4v) is 0.704. The molecular formula is C6H10BrNO3. The number of carbonyl (C=O) groups is 2. The minimum absolute atomic E-state index is 0.0575. The van der Waals surface area contributed by atoms with Crippen molar-refractivity contribution in [2.45, 2.75) is 0 Å². The molecule has 4 nitrogen and oxygen atoms in total. The van der Waals surface area contributed by atoms with Gasteiger partial charge in [-0.1, -0.05) is 15.9 Å². The van der Waals surface area contributed by atoms with E-state index in [1.165, 1.54) is 19.1 Å². The van der Waals surface area contributed by atoms with Crippen molar-refractivity contribution in [3.63, 3.8) is 0 Å². The Bertz CT molecular complexity index is 160. The summed E-state index contributed by atoms with van der Waals surface area (Å²) in [5.41, 5.74) is 0. The molecule has 64 valence electrons. The van der Waals surface area contributed by atoms with Crippen LogP contribution in [0.3, 0.4) is 0 Å². The van der Waals surface area contributed by atoms with E-state index in [4.69, 9.17) is 0 Å². The largest absolute Gasteiger partial charge is 0.453 e. The normalized spacial score (nSPS) is 9.00. The number of rotatable bonds is 3. The highest BCUT2D eigenvalue weighted by atomic mass is 79.9. The van der Waals surface area contributed by atoms with Crippen LogP contribution in [-0.4, -0.2) is 42.8 Å². The first-order chi connectivity index (χ1) is 5.11. The zero-order valence-corrected chi connectivity index (χ0v) is 8.05. The molecule has 0 saturated heterocycles. The first-order valence-corrected chi connectivity index (χ1v) is 4.10. The number of amides is 1. The highest BCUT2D eigenvalue weighted by molar-refractivity contribution is 9.09. The van der Waals surface area contributed by atoms with Crippen molar-refractivity contribution in [2.75, 3.05) is 26.0 Å². The molecule has 0 aromatic rings. The number of ether oxygens (including phenoxy) is 1. The summed E-state index contributed by atoms with van der Waals surface area (Å²) in [7, 11) is 2.78. The average Bonchev–Trinajstić information content (AvgIpc) is 2.02. The standard InChI is InChI=1S/C6H10BrNO3/c1-8(6(10)11-2)4-5(9)3-7/h3-4H2,1-2H3. The van der Waals surface area contributed by atoms with Crippen LogP contribution in [0.25, 0.3) is 0 Å². The number of hydrogen-bond acceptors (Lipinski definition) is 3. The Hall–Kier alpha value is -0.580. The molecule has 1 amide bonds. The topological polar surface area (TPSA) is 46.6 Å². The molecule has 0 bridgehead atoms. The van der Waals surface area contributed by atoms with Crippen molar-refractivity contribution < 1.29 is 14.3 Å². The number of methoxy groups -OCH3 is 1. The van der Waals surface area contributed by atoms with E-state index in [1.807, 2.05) is 0 Å². The Morgan fingerprint density at radius 3 is 2.45 bits per heavy atom. The maximum absolute atomic E-state index is 10.7. The SMILES string of the molecule is COC(=O)N(C)CC(=O)CBr. The molecule has 0 aromatic carbocycles. The second-order valence-electron chi connectivity index (χ2n) is 2.00. The second-order valence-corrected chi connectivity index (χ2v) is 2.56. The third kappa shape index (κ3) is 3.98. The Labute approximate surface area is 73.6 Å². The number of nitrogens with zero attached hydrogens (tertiary/aromatic N) is 1. The number of carbonyl (C=O) groups excluding carboxylic acids is 2. The lowest BCUT2D eigenvalue weighted by molar-refractivity contribution is -0.117. The van der Waals surface area contributed by atoms with Crippen molar-refractivity contribution in [2.24, 2.45) is 0 Å². The van der Waals surface area contributed by atoms with E-state index in [1.54, 1.807) is 0 Å². The lowest BCUT2D eigenvalue weighted by Crippen LogP contribution is -2.32. The number of alkyl halides is 1. The predicted molar refractivity (Wildman–Crippen MR) is 43.8 cm³/mol.